The van der Waals surface area contributed by atoms with Crippen LogP contribution in [0.5, 0.6) is 0 Å². The van der Waals surface area contributed by atoms with Crippen LogP contribution in [-0.4, -0.2) is 18.7 Å². The molecule has 1 amide bonds. The summed E-state index contributed by atoms with van der Waals surface area (Å²) in [6, 6.07) is 7.96. The minimum absolute atomic E-state index is 0.0255. The number of hydrogen-bond donors (Lipinski definition) is 0. The number of anilines is 1. The number of benzene rings is 1. The summed E-state index contributed by atoms with van der Waals surface area (Å²) in [7, 11) is 1.74. The van der Waals surface area contributed by atoms with Crippen molar-refractivity contribution in [3.05, 3.63) is 29.8 Å². The van der Waals surface area contributed by atoms with Gasteiger partial charge in [0.25, 0.3) is 0 Å². The zero-order valence-corrected chi connectivity index (χ0v) is 11.6. The van der Waals surface area contributed by atoms with Crippen LogP contribution in [0.4, 0.5) is 5.69 Å². The number of amides is 1. The number of Topliss-reactive ketones (excluding diaryl/α,β-unsaturated/α-hetero) is 1. The van der Waals surface area contributed by atoms with E-state index in [4.69, 9.17) is 0 Å². The molecule has 0 radical (unpaired) electrons. The highest BCUT2D eigenvalue weighted by Gasteiger charge is 2.11. The molecule has 0 atom stereocenters. The summed E-state index contributed by atoms with van der Waals surface area (Å²) in [5.74, 6) is 0.507. The Morgan fingerprint density at radius 3 is 2.11 bits per heavy atom. The third-order valence-electron chi connectivity index (χ3n) is 3.01. The van der Waals surface area contributed by atoms with Crippen LogP contribution in [0.3, 0.4) is 0 Å². The van der Waals surface area contributed by atoms with Crippen molar-refractivity contribution >= 4 is 17.4 Å². The Labute approximate surface area is 109 Å². The van der Waals surface area contributed by atoms with Gasteiger partial charge in [-0.2, -0.15) is 0 Å². The van der Waals surface area contributed by atoms with E-state index in [0.29, 0.717) is 12.3 Å². The molecule has 18 heavy (non-hydrogen) atoms. The fourth-order valence-electron chi connectivity index (χ4n) is 1.68. The minimum Gasteiger partial charge on any atom is -0.315 e. The van der Waals surface area contributed by atoms with Crippen LogP contribution in [0.15, 0.2) is 24.3 Å². The van der Waals surface area contributed by atoms with E-state index in [1.165, 1.54) is 12.5 Å². The monoisotopic (exact) mass is 247 g/mol. The molecule has 1 aromatic rings. The Kier molecular flexibility index (Phi) is 5.08. The van der Waals surface area contributed by atoms with Crippen molar-refractivity contribution in [2.45, 2.75) is 39.5 Å². The van der Waals surface area contributed by atoms with Crippen LogP contribution in [-0.2, 0) is 9.59 Å². The van der Waals surface area contributed by atoms with Gasteiger partial charge in [0.1, 0.15) is 5.78 Å². The van der Waals surface area contributed by atoms with Crippen LogP contribution >= 0.6 is 0 Å². The largest absolute Gasteiger partial charge is 0.315 e. The van der Waals surface area contributed by atoms with Crippen LogP contribution in [0.25, 0.3) is 0 Å². The average molecular weight is 247 g/mol. The number of carbonyl (C=O) groups excluding carboxylic acids is 2. The second-order valence-electron chi connectivity index (χ2n) is 4.90. The molecule has 0 fully saturated rings. The molecule has 0 heterocycles. The molecule has 0 bridgehead atoms. The average Bonchev–Trinajstić information content (AvgIpc) is 2.35. The number of hydrogen-bond acceptors (Lipinski definition) is 2. The maximum atomic E-state index is 11.8. The lowest BCUT2D eigenvalue weighted by Crippen LogP contribution is -2.26. The van der Waals surface area contributed by atoms with Crippen molar-refractivity contribution in [2.75, 3.05) is 11.9 Å². The summed E-state index contributed by atoms with van der Waals surface area (Å²) in [4.78, 5) is 24.3. The first-order valence-corrected chi connectivity index (χ1v) is 6.27. The Morgan fingerprint density at radius 1 is 1.11 bits per heavy atom. The predicted octanol–water partition coefficient (Wildman–Crippen LogP) is 3.14. The fourth-order valence-corrected chi connectivity index (χ4v) is 1.68. The Balaban J connectivity index is 2.68. The SMILES string of the molecule is CC(=O)CCC(=O)N(C)c1ccc(C(C)C)cc1. The highest BCUT2D eigenvalue weighted by molar-refractivity contribution is 5.94. The van der Waals surface area contributed by atoms with Crippen molar-refractivity contribution < 1.29 is 9.59 Å². The van der Waals surface area contributed by atoms with Crippen molar-refractivity contribution in [1.82, 2.24) is 0 Å². The predicted molar refractivity (Wildman–Crippen MR) is 73.9 cm³/mol. The summed E-state index contributed by atoms with van der Waals surface area (Å²) in [5.41, 5.74) is 2.12. The molecule has 0 aromatic heterocycles. The lowest BCUT2D eigenvalue weighted by molar-refractivity contribution is -0.122. The molecule has 0 spiro atoms. The van der Waals surface area contributed by atoms with Crippen molar-refractivity contribution in [3.63, 3.8) is 0 Å². The second kappa shape index (κ2) is 6.34. The molecule has 98 valence electrons. The topological polar surface area (TPSA) is 37.4 Å². The van der Waals surface area contributed by atoms with E-state index in [0.717, 1.165) is 5.69 Å². The molecule has 0 aliphatic rings. The number of rotatable bonds is 5. The zero-order valence-electron chi connectivity index (χ0n) is 11.6. The van der Waals surface area contributed by atoms with E-state index in [1.54, 1.807) is 11.9 Å². The first kappa shape index (κ1) is 14.4. The van der Waals surface area contributed by atoms with E-state index in [-0.39, 0.29) is 18.1 Å². The highest BCUT2D eigenvalue weighted by atomic mass is 16.2. The summed E-state index contributed by atoms with van der Waals surface area (Å²) in [5, 5.41) is 0. The Bertz CT molecular complexity index is 421. The molecular weight excluding hydrogens is 226 g/mol. The normalized spacial score (nSPS) is 10.5. The molecule has 1 rings (SSSR count). The maximum absolute atomic E-state index is 11.8. The summed E-state index contributed by atoms with van der Waals surface area (Å²) >= 11 is 0. The van der Waals surface area contributed by atoms with Gasteiger partial charge in [-0.25, -0.2) is 0 Å². The van der Waals surface area contributed by atoms with Crippen molar-refractivity contribution in [3.8, 4) is 0 Å². The van der Waals surface area contributed by atoms with Gasteiger partial charge in [-0.3, -0.25) is 4.79 Å². The van der Waals surface area contributed by atoms with E-state index in [1.807, 2.05) is 24.3 Å². The van der Waals surface area contributed by atoms with Gasteiger partial charge in [-0.15, -0.1) is 0 Å². The van der Waals surface area contributed by atoms with E-state index >= 15 is 0 Å². The van der Waals surface area contributed by atoms with Gasteiger partial charge < -0.3 is 9.69 Å². The molecule has 3 nitrogen and oxygen atoms in total. The summed E-state index contributed by atoms with van der Waals surface area (Å²) in [6.07, 6.45) is 0.588. The number of carbonyl (C=O) groups is 2. The fraction of sp³-hybridized carbons (Fsp3) is 0.467. The highest BCUT2D eigenvalue weighted by Crippen LogP contribution is 2.19. The zero-order chi connectivity index (χ0) is 13.7. The lowest BCUT2D eigenvalue weighted by atomic mass is 10.0. The van der Waals surface area contributed by atoms with Gasteiger partial charge in [0, 0.05) is 25.6 Å². The molecule has 0 aliphatic heterocycles. The molecular formula is C15H21NO2. The van der Waals surface area contributed by atoms with Gasteiger partial charge in [-0.05, 0) is 30.5 Å². The Hall–Kier alpha value is -1.64. The first-order chi connectivity index (χ1) is 8.41. The molecule has 0 N–H and O–H groups in total. The quantitative estimate of drug-likeness (QED) is 0.801. The molecule has 1 aromatic carbocycles. The lowest BCUT2D eigenvalue weighted by Gasteiger charge is -2.18. The van der Waals surface area contributed by atoms with Crippen molar-refractivity contribution in [1.29, 1.82) is 0 Å². The standard InChI is InChI=1S/C15H21NO2/c1-11(2)13-6-8-14(9-7-13)16(4)15(18)10-5-12(3)17/h6-9,11H,5,10H2,1-4H3. The van der Waals surface area contributed by atoms with Gasteiger partial charge in [0.05, 0.1) is 0 Å². The van der Waals surface area contributed by atoms with Gasteiger partial charge in [-0.1, -0.05) is 26.0 Å². The smallest absolute Gasteiger partial charge is 0.227 e. The van der Waals surface area contributed by atoms with Crippen LogP contribution in [0, 0.1) is 0 Å². The Morgan fingerprint density at radius 2 is 1.67 bits per heavy atom. The van der Waals surface area contributed by atoms with E-state index in [9.17, 15) is 9.59 Å². The van der Waals surface area contributed by atoms with Gasteiger partial charge in [0.15, 0.2) is 0 Å². The molecule has 0 saturated heterocycles. The molecule has 0 aliphatic carbocycles. The second-order valence-corrected chi connectivity index (χ2v) is 4.90. The van der Waals surface area contributed by atoms with E-state index in [2.05, 4.69) is 13.8 Å². The third-order valence-corrected chi connectivity index (χ3v) is 3.01. The maximum Gasteiger partial charge on any atom is 0.227 e. The summed E-state index contributed by atoms with van der Waals surface area (Å²) in [6.45, 7) is 5.78. The minimum atomic E-state index is -0.0255. The van der Waals surface area contributed by atoms with Gasteiger partial charge in [0.2, 0.25) is 5.91 Å². The van der Waals surface area contributed by atoms with Crippen LogP contribution < -0.4 is 4.90 Å². The number of nitrogens with zero attached hydrogens (tertiary/aromatic N) is 1. The summed E-state index contributed by atoms with van der Waals surface area (Å²) < 4.78 is 0. The molecule has 0 saturated carbocycles. The molecule has 0 unspecified atom stereocenters. The van der Waals surface area contributed by atoms with Crippen molar-refractivity contribution in [2.24, 2.45) is 0 Å². The third kappa shape index (κ3) is 3.99. The first-order valence-electron chi connectivity index (χ1n) is 6.27. The van der Waals surface area contributed by atoms with Gasteiger partial charge >= 0.3 is 0 Å². The molecule has 3 heteroatoms. The van der Waals surface area contributed by atoms with Crippen LogP contribution in [0.2, 0.25) is 0 Å². The van der Waals surface area contributed by atoms with Crippen LogP contribution in [0.1, 0.15) is 45.1 Å². The number of ketones is 1. The van der Waals surface area contributed by atoms with E-state index < -0.39 is 0 Å².